The van der Waals surface area contributed by atoms with Gasteiger partial charge < -0.3 is 11.5 Å². The van der Waals surface area contributed by atoms with Crippen molar-refractivity contribution in [2.75, 3.05) is 6.54 Å². The molecule has 0 radical (unpaired) electrons. The summed E-state index contributed by atoms with van der Waals surface area (Å²) in [5, 5.41) is 0.913. The molecule has 0 amide bonds. The molecule has 1 heterocycles. The zero-order valence-corrected chi connectivity index (χ0v) is 12.0. The van der Waals surface area contributed by atoms with Crippen molar-refractivity contribution in [3.8, 4) is 0 Å². The molecule has 0 fully saturated rings. The van der Waals surface area contributed by atoms with Crippen LogP contribution in [0.1, 0.15) is 40.8 Å². The molecule has 4 nitrogen and oxygen atoms in total. The number of benzene rings is 1. The minimum Gasteiger partial charge on any atom is -0.330 e. The Hall–Kier alpha value is -1.30. The van der Waals surface area contributed by atoms with E-state index in [0.29, 0.717) is 6.54 Å². The van der Waals surface area contributed by atoms with Crippen molar-refractivity contribution in [1.82, 2.24) is 9.36 Å². The van der Waals surface area contributed by atoms with Gasteiger partial charge in [0.2, 0.25) is 0 Å². The van der Waals surface area contributed by atoms with E-state index in [0.717, 1.165) is 30.1 Å². The Morgan fingerprint density at radius 2 is 2.00 bits per heavy atom. The van der Waals surface area contributed by atoms with Crippen molar-refractivity contribution in [2.45, 2.75) is 32.2 Å². The van der Waals surface area contributed by atoms with Crippen LogP contribution in [0.5, 0.6) is 0 Å². The van der Waals surface area contributed by atoms with Gasteiger partial charge in [0.1, 0.15) is 10.8 Å². The van der Waals surface area contributed by atoms with Crippen LogP contribution in [0, 0.1) is 6.92 Å². The van der Waals surface area contributed by atoms with E-state index >= 15 is 0 Å². The lowest BCUT2D eigenvalue weighted by Crippen LogP contribution is -2.12. The van der Waals surface area contributed by atoms with Crippen LogP contribution in [0.4, 0.5) is 0 Å². The summed E-state index contributed by atoms with van der Waals surface area (Å²) in [6.07, 6.45) is 2.56. The van der Waals surface area contributed by atoms with Gasteiger partial charge in [-0.1, -0.05) is 29.8 Å². The number of hydrogen-bond acceptors (Lipinski definition) is 5. The van der Waals surface area contributed by atoms with Crippen molar-refractivity contribution < 1.29 is 0 Å². The van der Waals surface area contributed by atoms with Crippen LogP contribution < -0.4 is 11.5 Å². The average molecular weight is 276 g/mol. The first-order valence-electron chi connectivity index (χ1n) is 6.52. The molecule has 5 heteroatoms. The topological polar surface area (TPSA) is 77.8 Å². The largest absolute Gasteiger partial charge is 0.330 e. The number of nitrogens with zero attached hydrogens (tertiary/aromatic N) is 2. The van der Waals surface area contributed by atoms with Gasteiger partial charge in [-0.15, -0.1) is 0 Å². The Morgan fingerprint density at radius 3 is 2.68 bits per heavy atom. The second-order valence-electron chi connectivity index (χ2n) is 4.75. The Kier molecular flexibility index (Phi) is 5.01. The first kappa shape index (κ1) is 14.1. The molecule has 0 aliphatic heterocycles. The fourth-order valence-electron chi connectivity index (χ4n) is 1.84. The van der Waals surface area contributed by atoms with Gasteiger partial charge in [-0.3, -0.25) is 0 Å². The fourth-order valence-corrected chi connectivity index (χ4v) is 2.54. The maximum atomic E-state index is 6.06. The van der Waals surface area contributed by atoms with E-state index in [-0.39, 0.29) is 6.04 Å². The number of aryl methyl sites for hydroxylation is 1. The first-order chi connectivity index (χ1) is 9.19. The molecular weight excluding hydrogens is 256 g/mol. The predicted octanol–water partition coefficient (Wildman–Crippen LogP) is 2.18. The molecule has 0 saturated heterocycles. The van der Waals surface area contributed by atoms with E-state index in [1.165, 1.54) is 22.7 Å². The molecule has 1 aromatic heterocycles. The van der Waals surface area contributed by atoms with E-state index in [9.17, 15) is 0 Å². The molecular formula is C14H20N4S. The molecule has 0 spiro atoms. The van der Waals surface area contributed by atoms with Crippen molar-refractivity contribution in [1.29, 1.82) is 0 Å². The summed E-state index contributed by atoms with van der Waals surface area (Å²) in [5.74, 6) is 0.854. The van der Waals surface area contributed by atoms with Gasteiger partial charge in [0.05, 0.1) is 6.04 Å². The molecule has 102 valence electrons. The summed E-state index contributed by atoms with van der Waals surface area (Å²) in [5.41, 5.74) is 14.0. The summed E-state index contributed by atoms with van der Waals surface area (Å²) >= 11 is 1.40. The highest BCUT2D eigenvalue weighted by atomic mass is 32.1. The fraction of sp³-hybridized carbons (Fsp3) is 0.429. The quantitative estimate of drug-likeness (QED) is 0.847. The number of hydrogen-bond donors (Lipinski definition) is 2. The minimum atomic E-state index is -0.0344. The van der Waals surface area contributed by atoms with Crippen LogP contribution in [-0.2, 0) is 6.42 Å². The average Bonchev–Trinajstić information content (AvgIpc) is 2.87. The van der Waals surface area contributed by atoms with Crippen LogP contribution in [0.25, 0.3) is 0 Å². The zero-order chi connectivity index (χ0) is 13.7. The van der Waals surface area contributed by atoms with E-state index in [4.69, 9.17) is 11.5 Å². The SMILES string of the molecule is Cc1ccc(Cc2nsc(C(N)CCCN)n2)cc1. The molecule has 0 bridgehead atoms. The van der Waals surface area contributed by atoms with Gasteiger partial charge in [0.15, 0.2) is 0 Å². The van der Waals surface area contributed by atoms with Gasteiger partial charge in [-0.2, -0.15) is 4.37 Å². The Labute approximate surface area is 118 Å². The van der Waals surface area contributed by atoms with Crippen molar-refractivity contribution >= 4 is 11.5 Å². The van der Waals surface area contributed by atoms with Gasteiger partial charge in [-0.05, 0) is 43.4 Å². The van der Waals surface area contributed by atoms with E-state index in [1.54, 1.807) is 0 Å². The number of nitrogens with two attached hydrogens (primary N) is 2. The summed E-state index contributed by atoms with van der Waals surface area (Å²) in [4.78, 5) is 4.52. The van der Waals surface area contributed by atoms with Crippen molar-refractivity contribution in [2.24, 2.45) is 11.5 Å². The molecule has 1 aromatic carbocycles. The second-order valence-corrected chi connectivity index (χ2v) is 5.53. The number of aromatic nitrogens is 2. The van der Waals surface area contributed by atoms with Crippen LogP contribution in [-0.4, -0.2) is 15.9 Å². The van der Waals surface area contributed by atoms with Crippen molar-refractivity contribution in [3.63, 3.8) is 0 Å². The standard InChI is InChI=1S/C14H20N4S/c1-10-4-6-11(7-5-10)9-13-17-14(19-18-13)12(16)3-2-8-15/h4-7,12H,2-3,8-9,15-16H2,1H3. The van der Waals surface area contributed by atoms with Gasteiger partial charge in [0, 0.05) is 6.42 Å². The maximum absolute atomic E-state index is 6.06. The molecule has 4 N–H and O–H groups in total. The molecule has 2 rings (SSSR count). The van der Waals surface area contributed by atoms with Crippen LogP contribution in [0.15, 0.2) is 24.3 Å². The molecule has 0 aliphatic carbocycles. The molecule has 1 atom stereocenters. The molecule has 1 unspecified atom stereocenters. The van der Waals surface area contributed by atoms with E-state index < -0.39 is 0 Å². The van der Waals surface area contributed by atoms with Crippen LogP contribution >= 0.6 is 11.5 Å². The van der Waals surface area contributed by atoms with Crippen LogP contribution in [0.2, 0.25) is 0 Å². The lowest BCUT2D eigenvalue weighted by Gasteiger charge is -2.05. The summed E-state index contributed by atoms with van der Waals surface area (Å²) in [6, 6.07) is 8.41. The third kappa shape index (κ3) is 4.09. The van der Waals surface area contributed by atoms with Gasteiger partial charge in [0.25, 0.3) is 0 Å². The second kappa shape index (κ2) is 6.75. The molecule has 19 heavy (non-hydrogen) atoms. The van der Waals surface area contributed by atoms with E-state index in [2.05, 4.69) is 40.5 Å². The smallest absolute Gasteiger partial charge is 0.147 e. The Morgan fingerprint density at radius 1 is 1.26 bits per heavy atom. The highest BCUT2D eigenvalue weighted by Gasteiger charge is 2.12. The third-order valence-corrected chi connectivity index (χ3v) is 3.89. The Balaban J connectivity index is 1.98. The van der Waals surface area contributed by atoms with Gasteiger partial charge in [-0.25, -0.2) is 4.98 Å². The minimum absolute atomic E-state index is 0.0344. The molecule has 2 aromatic rings. The van der Waals surface area contributed by atoms with Crippen molar-refractivity contribution in [3.05, 3.63) is 46.2 Å². The highest BCUT2D eigenvalue weighted by molar-refractivity contribution is 7.05. The normalized spacial score (nSPS) is 12.6. The predicted molar refractivity (Wildman–Crippen MR) is 79.1 cm³/mol. The lowest BCUT2D eigenvalue weighted by molar-refractivity contribution is 0.613. The zero-order valence-electron chi connectivity index (χ0n) is 11.2. The molecule has 0 aliphatic rings. The third-order valence-electron chi connectivity index (χ3n) is 3.00. The van der Waals surface area contributed by atoms with Crippen LogP contribution in [0.3, 0.4) is 0 Å². The molecule has 0 saturated carbocycles. The number of rotatable bonds is 6. The Bertz CT molecular complexity index is 506. The lowest BCUT2D eigenvalue weighted by atomic mass is 10.1. The summed E-state index contributed by atoms with van der Waals surface area (Å²) in [6.45, 7) is 2.75. The summed E-state index contributed by atoms with van der Waals surface area (Å²) < 4.78 is 4.38. The monoisotopic (exact) mass is 276 g/mol. The highest BCUT2D eigenvalue weighted by Crippen LogP contribution is 2.19. The maximum Gasteiger partial charge on any atom is 0.147 e. The summed E-state index contributed by atoms with van der Waals surface area (Å²) in [7, 11) is 0. The van der Waals surface area contributed by atoms with E-state index in [1.807, 2.05) is 0 Å². The first-order valence-corrected chi connectivity index (χ1v) is 7.30. The van der Waals surface area contributed by atoms with Gasteiger partial charge >= 0.3 is 0 Å².